The maximum absolute atomic E-state index is 12.0. The van der Waals surface area contributed by atoms with E-state index in [2.05, 4.69) is 5.32 Å². The Hall–Kier alpha value is -2.55. The predicted octanol–water partition coefficient (Wildman–Crippen LogP) is 4.28. The summed E-state index contributed by atoms with van der Waals surface area (Å²) in [6.45, 7) is 6.61. The molecule has 3 heteroatoms. The van der Waals surface area contributed by atoms with E-state index in [0.29, 0.717) is 6.61 Å². The van der Waals surface area contributed by atoms with Crippen LogP contribution >= 0.6 is 0 Å². The van der Waals surface area contributed by atoms with Gasteiger partial charge in [0.1, 0.15) is 5.75 Å². The highest BCUT2D eigenvalue weighted by Gasteiger charge is 2.07. The molecule has 2 rings (SSSR count). The van der Waals surface area contributed by atoms with E-state index in [4.69, 9.17) is 4.74 Å². The number of aryl methyl sites for hydroxylation is 1. The lowest BCUT2D eigenvalue weighted by atomic mass is 10.1. The molecule has 0 aliphatic carbocycles. The molecule has 1 N–H and O–H groups in total. The smallest absolute Gasteiger partial charge is 0.244 e. The van der Waals surface area contributed by atoms with Crippen molar-refractivity contribution in [3.63, 3.8) is 0 Å². The second kappa shape index (κ2) is 8.18. The van der Waals surface area contributed by atoms with Crippen LogP contribution in [0.25, 0.3) is 6.08 Å². The van der Waals surface area contributed by atoms with Crippen LogP contribution in [0.15, 0.2) is 54.6 Å². The Bertz CT molecular complexity index is 657. The van der Waals surface area contributed by atoms with Crippen LogP contribution in [-0.2, 0) is 4.79 Å². The zero-order valence-corrected chi connectivity index (χ0v) is 13.9. The standard InChI is InChI=1S/C20H23NO2/c1-4-23-19-12-10-18(11-13-19)16(3)21-20(22)14-9-17-7-5-15(2)6-8-17/h5-14,16H,4H2,1-3H3,(H,21,22)/b14-9+/t16-/m0/s1. The van der Waals surface area contributed by atoms with Gasteiger partial charge in [-0.15, -0.1) is 0 Å². The van der Waals surface area contributed by atoms with Crippen LogP contribution in [0, 0.1) is 6.92 Å². The molecule has 0 aromatic heterocycles. The largest absolute Gasteiger partial charge is 0.494 e. The fourth-order valence-electron chi connectivity index (χ4n) is 2.21. The SMILES string of the molecule is CCOc1ccc([C@H](C)NC(=O)/C=C/c2ccc(C)cc2)cc1. The average Bonchev–Trinajstić information content (AvgIpc) is 2.55. The molecule has 2 aromatic carbocycles. The Morgan fingerprint density at radius 3 is 2.39 bits per heavy atom. The van der Waals surface area contributed by atoms with Gasteiger partial charge in [0, 0.05) is 6.08 Å². The van der Waals surface area contributed by atoms with Crippen molar-refractivity contribution in [1.82, 2.24) is 5.32 Å². The quantitative estimate of drug-likeness (QED) is 0.809. The molecule has 0 fully saturated rings. The molecule has 0 spiro atoms. The first-order valence-corrected chi connectivity index (χ1v) is 7.86. The number of carbonyl (C=O) groups is 1. The number of hydrogen-bond acceptors (Lipinski definition) is 2. The number of ether oxygens (including phenoxy) is 1. The van der Waals surface area contributed by atoms with E-state index in [9.17, 15) is 4.79 Å². The van der Waals surface area contributed by atoms with E-state index in [-0.39, 0.29) is 11.9 Å². The summed E-state index contributed by atoms with van der Waals surface area (Å²) in [5.41, 5.74) is 3.26. The number of nitrogens with one attached hydrogen (secondary N) is 1. The van der Waals surface area contributed by atoms with Gasteiger partial charge in [-0.2, -0.15) is 0 Å². The first kappa shape index (κ1) is 16.8. The van der Waals surface area contributed by atoms with E-state index in [1.54, 1.807) is 6.08 Å². The molecular formula is C20H23NO2. The van der Waals surface area contributed by atoms with E-state index in [1.165, 1.54) is 5.56 Å². The van der Waals surface area contributed by atoms with Crippen LogP contribution in [0.3, 0.4) is 0 Å². The Balaban J connectivity index is 1.92. The highest BCUT2D eigenvalue weighted by Crippen LogP contribution is 2.17. The maximum atomic E-state index is 12.0. The molecule has 0 saturated carbocycles. The van der Waals surface area contributed by atoms with Gasteiger partial charge >= 0.3 is 0 Å². The summed E-state index contributed by atoms with van der Waals surface area (Å²) in [7, 11) is 0. The van der Waals surface area contributed by atoms with Gasteiger partial charge < -0.3 is 10.1 Å². The number of amides is 1. The van der Waals surface area contributed by atoms with Crippen molar-refractivity contribution in [2.75, 3.05) is 6.61 Å². The molecule has 0 bridgehead atoms. The Kier molecular flexibility index (Phi) is 5.98. The molecule has 0 saturated heterocycles. The van der Waals surface area contributed by atoms with Crippen LogP contribution in [0.5, 0.6) is 5.75 Å². The third-order valence-electron chi connectivity index (χ3n) is 3.55. The Morgan fingerprint density at radius 1 is 1.13 bits per heavy atom. The van der Waals surface area contributed by atoms with Crippen molar-refractivity contribution in [1.29, 1.82) is 0 Å². The lowest BCUT2D eigenvalue weighted by Crippen LogP contribution is -2.24. The van der Waals surface area contributed by atoms with Crippen molar-refractivity contribution in [3.05, 3.63) is 71.3 Å². The molecule has 0 heterocycles. The minimum atomic E-state index is -0.105. The van der Waals surface area contributed by atoms with Gasteiger partial charge in [0.05, 0.1) is 12.6 Å². The highest BCUT2D eigenvalue weighted by atomic mass is 16.5. The molecule has 0 unspecified atom stereocenters. The van der Waals surface area contributed by atoms with Crippen molar-refractivity contribution in [3.8, 4) is 5.75 Å². The molecule has 0 radical (unpaired) electrons. The van der Waals surface area contributed by atoms with Crippen molar-refractivity contribution in [2.24, 2.45) is 0 Å². The molecule has 23 heavy (non-hydrogen) atoms. The van der Waals surface area contributed by atoms with Gasteiger partial charge in [0.25, 0.3) is 0 Å². The molecule has 0 aliphatic rings. The molecular weight excluding hydrogens is 286 g/mol. The summed E-state index contributed by atoms with van der Waals surface area (Å²) >= 11 is 0. The number of carbonyl (C=O) groups excluding carboxylic acids is 1. The number of rotatable bonds is 6. The average molecular weight is 309 g/mol. The molecule has 120 valence electrons. The van der Waals surface area contributed by atoms with E-state index >= 15 is 0 Å². The first-order chi connectivity index (χ1) is 11.1. The second-order valence-electron chi connectivity index (χ2n) is 5.48. The van der Waals surface area contributed by atoms with E-state index in [1.807, 2.05) is 75.4 Å². The van der Waals surface area contributed by atoms with Crippen molar-refractivity contribution >= 4 is 12.0 Å². The summed E-state index contributed by atoms with van der Waals surface area (Å²) < 4.78 is 5.42. The minimum absolute atomic E-state index is 0.0548. The van der Waals surface area contributed by atoms with Gasteiger partial charge in [0.15, 0.2) is 0 Å². The third-order valence-corrected chi connectivity index (χ3v) is 3.55. The highest BCUT2D eigenvalue weighted by molar-refractivity contribution is 5.91. The maximum Gasteiger partial charge on any atom is 0.244 e. The zero-order valence-electron chi connectivity index (χ0n) is 13.9. The van der Waals surface area contributed by atoms with E-state index < -0.39 is 0 Å². The molecule has 0 aliphatic heterocycles. The second-order valence-corrected chi connectivity index (χ2v) is 5.48. The summed E-state index contributed by atoms with van der Waals surface area (Å²) in [6, 6.07) is 15.8. The van der Waals surface area contributed by atoms with Gasteiger partial charge in [-0.1, -0.05) is 42.0 Å². The molecule has 2 aromatic rings. The predicted molar refractivity (Wildman–Crippen MR) is 94.4 cm³/mol. The fourth-order valence-corrected chi connectivity index (χ4v) is 2.21. The number of benzene rings is 2. The Morgan fingerprint density at radius 2 is 1.78 bits per heavy atom. The minimum Gasteiger partial charge on any atom is -0.494 e. The summed E-state index contributed by atoms with van der Waals surface area (Å²) in [5.74, 6) is 0.737. The molecule has 3 nitrogen and oxygen atoms in total. The fraction of sp³-hybridized carbons (Fsp3) is 0.250. The summed E-state index contributed by atoms with van der Waals surface area (Å²) in [6.07, 6.45) is 3.38. The monoisotopic (exact) mass is 309 g/mol. The van der Waals surface area contributed by atoms with Gasteiger partial charge in [-0.25, -0.2) is 0 Å². The topological polar surface area (TPSA) is 38.3 Å². The lowest BCUT2D eigenvalue weighted by molar-refractivity contribution is -0.117. The van der Waals surface area contributed by atoms with Gasteiger partial charge in [-0.05, 0) is 50.1 Å². The molecule has 1 atom stereocenters. The third kappa shape index (κ3) is 5.29. The van der Waals surface area contributed by atoms with Gasteiger partial charge in [-0.3, -0.25) is 4.79 Å². The lowest BCUT2D eigenvalue weighted by Gasteiger charge is -2.13. The van der Waals surface area contributed by atoms with Crippen LogP contribution < -0.4 is 10.1 Å². The summed E-state index contributed by atoms with van der Waals surface area (Å²) in [4.78, 5) is 12.0. The van der Waals surface area contributed by atoms with Crippen LogP contribution in [0.4, 0.5) is 0 Å². The van der Waals surface area contributed by atoms with Gasteiger partial charge in [0.2, 0.25) is 5.91 Å². The first-order valence-electron chi connectivity index (χ1n) is 7.86. The van der Waals surface area contributed by atoms with Crippen LogP contribution in [-0.4, -0.2) is 12.5 Å². The molecule has 1 amide bonds. The Labute approximate surface area is 138 Å². The van der Waals surface area contributed by atoms with Crippen LogP contribution in [0.1, 0.15) is 36.6 Å². The van der Waals surface area contributed by atoms with E-state index in [0.717, 1.165) is 16.9 Å². The van der Waals surface area contributed by atoms with Crippen molar-refractivity contribution in [2.45, 2.75) is 26.8 Å². The zero-order chi connectivity index (χ0) is 16.7. The normalized spacial score (nSPS) is 12.1. The van der Waals surface area contributed by atoms with Crippen LogP contribution in [0.2, 0.25) is 0 Å². The summed E-state index contributed by atoms with van der Waals surface area (Å²) in [5, 5.41) is 2.96. The number of hydrogen-bond donors (Lipinski definition) is 1. The van der Waals surface area contributed by atoms with Crippen molar-refractivity contribution < 1.29 is 9.53 Å².